The molecule has 1 atom stereocenters. The molecule has 0 heterocycles. The van der Waals surface area contributed by atoms with Crippen molar-refractivity contribution in [3.63, 3.8) is 0 Å². The Kier molecular flexibility index (Phi) is 7.72. The lowest BCUT2D eigenvalue weighted by Crippen LogP contribution is -2.38. The van der Waals surface area contributed by atoms with Crippen molar-refractivity contribution in [1.82, 2.24) is 4.90 Å². The predicted molar refractivity (Wildman–Crippen MR) is 127 cm³/mol. The molecule has 0 spiro atoms. The minimum Gasteiger partial charge on any atom is -0.294 e. The second kappa shape index (κ2) is 10.1. The number of nitrogens with zero attached hydrogens (tertiary/aromatic N) is 2. The second-order valence-corrected chi connectivity index (χ2v) is 9.63. The molecule has 4 rings (SSSR count). The normalized spacial score (nSPS) is 18.5. The largest absolute Gasteiger partial charge is 0.294 e. The average molecular weight is 439 g/mol. The smallest absolute Gasteiger partial charge is 0.136 e. The molecule has 1 unspecified atom stereocenters. The van der Waals surface area contributed by atoms with E-state index < -0.39 is 11.3 Å². The fraction of sp³-hybridized carbons (Fsp3) is 0.536. The fourth-order valence-electron chi connectivity index (χ4n) is 4.61. The number of benzene rings is 2. The molecule has 0 radical (unpaired) electrons. The van der Waals surface area contributed by atoms with E-state index in [1.807, 2.05) is 24.3 Å². The Labute approximate surface area is 192 Å². The van der Waals surface area contributed by atoms with E-state index in [1.54, 1.807) is 6.07 Å². The van der Waals surface area contributed by atoms with E-state index in [1.165, 1.54) is 12.5 Å². The Balaban J connectivity index is 0.000000913. The summed E-state index contributed by atoms with van der Waals surface area (Å²) in [7, 11) is 0. The maximum atomic E-state index is 15.0. The molecule has 2 aliphatic carbocycles. The molecule has 2 aromatic rings. The van der Waals surface area contributed by atoms with Crippen LogP contribution in [-0.2, 0) is 24.3 Å². The molecule has 0 aromatic heterocycles. The summed E-state index contributed by atoms with van der Waals surface area (Å²) in [5.41, 5.74) is 1.32. The second-order valence-electron chi connectivity index (χ2n) is 9.63. The van der Waals surface area contributed by atoms with Crippen LogP contribution in [0.5, 0.6) is 0 Å². The molecular formula is C28H36F2N2. The van der Waals surface area contributed by atoms with E-state index in [0.29, 0.717) is 37.8 Å². The summed E-state index contributed by atoms with van der Waals surface area (Å²) < 4.78 is 30.1. The van der Waals surface area contributed by atoms with Gasteiger partial charge in [-0.25, -0.2) is 8.78 Å². The van der Waals surface area contributed by atoms with E-state index in [0.717, 1.165) is 36.1 Å². The third-order valence-corrected chi connectivity index (χ3v) is 6.77. The molecule has 2 nitrogen and oxygen atoms in total. The van der Waals surface area contributed by atoms with Crippen LogP contribution < -0.4 is 0 Å². The summed E-state index contributed by atoms with van der Waals surface area (Å²) in [6.45, 7) is 9.02. The monoisotopic (exact) mass is 438 g/mol. The Hall–Kier alpha value is -2.25. The zero-order valence-electron chi connectivity index (χ0n) is 19.9. The molecule has 2 aliphatic rings. The van der Waals surface area contributed by atoms with Gasteiger partial charge in [-0.2, -0.15) is 5.26 Å². The number of hydrogen-bond donors (Lipinski definition) is 0. The van der Waals surface area contributed by atoms with Crippen LogP contribution in [0.25, 0.3) is 0 Å². The Morgan fingerprint density at radius 2 is 1.41 bits per heavy atom. The van der Waals surface area contributed by atoms with E-state index >= 15 is 8.78 Å². The molecule has 0 aliphatic heterocycles. The van der Waals surface area contributed by atoms with Crippen molar-refractivity contribution < 1.29 is 8.78 Å². The van der Waals surface area contributed by atoms with Gasteiger partial charge in [0.1, 0.15) is 11.3 Å². The minimum atomic E-state index is -1.22. The Bertz CT molecular complexity index is 888. The summed E-state index contributed by atoms with van der Waals surface area (Å²) in [5, 5.41) is 7.32. The summed E-state index contributed by atoms with van der Waals surface area (Å²) >= 11 is 0. The first-order valence-corrected chi connectivity index (χ1v) is 11.9. The standard InChI is InChI=1S/C26H33F2N.C2H3N/c1-19(2)29(18-21-8-5-4-6-9-21)20(3)12-13-22-23(25(27)14-15-25)10-7-11-24(22)26(28)16-17-26;1-2-3/h4-11,19-20H,12-18H2,1-3H3;1H3. The van der Waals surface area contributed by atoms with Crippen LogP contribution in [0.4, 0.5) is 8.78 Å². The first-order valence-electron chi connectivity index (χ1n) is 11.9. The lowest BCUT2D eigenvalue weighted by Gasteiger charge is -2.33. The number of nitriles is 1. The molecule has 0 amide bonds. The van der Waals surface area contributed by atoms with E-state index in [2.05, 4.69) is 49.9 Å². The average Bonchev–Trinajstić information content (AvgIpc) is 3.70. The summed E-state index contributed by atoms with van der Waals surface area (Å²) in [6, 6.07) is 18.7. The minimum absolute atomic E-state index is 0.334. The molecule has 0 saturated heterocycles. The highest BCUT2D eigenvalue weighted by Crippen LogP contribution is 2.56. The van der Waals surface area contributed by atoms with Gasteiger partial charge in [-0.15, -0.1) is 0 Å². The topological polar surface area (TPSA) is 27.0 Å². The van der Waals surface area contributed by atoms with Gasteiger partial charge in [0, 0.05) is 25.6 Å². The van der Waals surface area contributed by atoms with Crippen molar-refractivity contribution in [3.05, 3.63) is 70.8 Å². The van der Waals surface area contributed by atoms with Gasteiger partial charge in [0.25, 0.3) is 0 Å². The summed E-state index contributed by atoms with van der Waals surface area (Å²) in [6.07, 6.45) is 3.94. The number of alkyl halides is 2. The van der Waals surface area contributed by atoms with Gasteiger partial charge in [0.05, 0.1) is 6.07 Å². The van der Waals surface area contributed by atoms with Crippen molar-refractivity contribution >= 4 is 0 Å². The Morgan fingerprint density at radius 1 is 0.906 bits per heavy atom. The molecular weight excluding hydrogens is 402 g/mol. The van der Waals surface area contributed by atoms with Crippen LogP contribution in [0.2, 0.25) is 0 Å². The van der Waals surface area contributed by atoms with Crippen LogP contribution in [0.1, 0.15) is 82.1 Å². The molecule has 2 aromatic carbocycles. The summed E-state index contributed by atoms with van der Waals surface area (Å²) in [4.78, 5) is 2.49. The maximum Gasteiger partial charge on any atom is 0.136 e. The van der Waals surface area contributed by atoms with Gasteiger partial charge in [0.2, 0.25) is 0 Å². The van der Waals surface area contributed by atoms with Crippen molar-refractivity contribution in [2.24, 2.45) is 0 Å². The zero-order chi connectivity index (χ0) is 23.4. The van der Waals surface area contributed by atoms with Crippen LogP contribution >= 0.6 is 0 Å². The van der Waals surface area contributed by atoms with Gasteiger partial charge >= 0.3 is 0 Å². The van der Waals surface area contributed by atoms with Gasteiger partial charge in [0.15, 0.2) is 0 Å². The highest BCUT2D eigenvalue weighted by molar-refractivity contribution is 5.46. The highest BCUT2D eigenvalue weighted by Gasteiger charge is 2.50. The zero-order valence-corrected chi connectivity index (χ0v) is 19.9. The predicted octanol–water partition coefficient (Wildman–Crippen LogP) is 7.37. The molecule has 2 saturated carbocycles. The maximum absolute atomic E-state index is 15.0. The van der Waals surface area contributed by atoms with Gasteiger partial charge in [-0.1, -0.05) is 48.5 Å². The molecule has 4 heteroatoms. The lowest BCUT2D eigenvalue weighted by atomic mass is 9.89. The van der Waals surface area contributed by atoms with Crippen LogP contribution in [0.3, 0.4) is 0 Å². The SMILES string of the molecule is CC#N.CC(C)N(Cc1ccccc1)C(C)CCc1c(C2(F)CC2)cccc1C1(F)CC1. The highest BCUT2D eigenvalue weighted by atomic mass is 19.1. The van der Waals surface area contributed by atoms with Crippen molar-refractivity contribution in [3.8, 4) is 6.07 Å². The van der Waals surface area contributed by atoms with E-state index in [4.69, 9.17) is 5.26 Å². The number of hydrogen-bond acceptors (Lipinski definition) is 2. The van der Waals surface area contributed by atoms with Crippen LogP contribution in [-0.4, -0.2) is 17.0 Å². The quantitative estimate of drug-likeness (QED) is 0.409. The van der Waals surface area contributed by atoms with Gasteiger partial charge in [-0.05, 0) is 81.5 Å². The molecule has 2 fully saturated rings. The fourth-order valence-corrected chi connectivity index (χ4v) is 4.61. The van der Waals surface area contributed by atoms with Crippen molar-refractivity contribution in [2.75, 3.05) is 0 Å². The molecule has 0 N–H and O–H groups in total. The third-order valence-electron chi connectivity index (χ3n) is 6.77. The lowest BCUT2D eigenvalue weighted by molar-refractivity contribution is 0.147. The molecule has 32 heavy (non-hydrogen) atoms. The molecule has 172 valence electrons. The van der Waals surface area contributed by atoms with Crippen molar-refractivity contribution in [1.29, 1.82) is 5.26 Å². The Morgan fingerprint density at radius 3 is 1.84 bits per heavy atom. The van der Waals surface area contributed by atoms with E-state index in [-0.39, 0.29) is 0 Å². The third kappa shape index (κ3) is 5.75. The summed E-state index contributed by atoms with van der Waals surface area (Å²) in [5.74, 6) is 0. The first-order chi connectivity index (χ1) is 15.2. The van der Waals surface area contributed by atoms with Gasteiger partial charge in [-0.3, -0.25) is 4.90 Å². The first kappa shape index (κ1) is 24.4. The van der Waals surface area contributed by atoms with Crippen LogP contribution in [0.15, 0.2) is 48.5 Å². The van der Waals surface area contributed by atoms with E-state index in [9.17, 15) is 0 Å². The van der Waals surface area contributed by atoms with Crippen molar-refractivity contribution in [2.45, 2.75) is 96.2 Å². The molecule has 0 bridgehead atoms. The van der Waals surface area contributed by atoms with Crippen LogP contribution in [0, 0.1) is 11.3 Å². The number of rotatable bonds is 9. The van der Waals surface area contributed by atoms with Gasteiger partial charge < -0.3 is 0 Å². The number of halogens is 2.